The molecule has 539 valence electrons. The molecule has 2 saturated heterocycles. The third kappa shape index (κ3) is 37.4. The molecule has 2 aliphatic heterocycles. The average molecular weight is 2320 g/mol. The number of amides is 1. The maximum absolute atomic E-state index is 10.9. The first-order valence-corrected chi connectivity index (χ1v) is 47.4. The molecule has 98 heavy (non-hydrogen) atoms. The number of nitrogen functional groups attached to an aromatic ring is 3. The third-order valence-corrected chi connectivity index (χ3v) is 29.2. The molecule has 0 saturated carbocycles. The van der Waals surface area contributed by atoms with Crippen molar-refractivity contribution in [3.63, 3.8) is 0 Å². The number of aromatic nitrogens is 4. The number of hydrogen-bond acceptors (Lipinski definition) is 31. The van der Waals surface area contributed by atoms with E-state index in [4.69, 9.17) is 38.9 Å². The number of thiol groups is 2. The van der Waals surface area contributed by atoms with Gasteiger partial charge in [0.15, 0.2) is 0 Å². The number of nitrogens with one attached hydrogen (secondary N) is 2. The molecule has 0 bridgehead atoms. The first-order valence-electron chi connectivity index (χ1n) is 25.9. The van der Waals surface area contributed by atoms with Gasteiger partial charge < -0.3 is 52.3 Å². The van der Waals surface area contributed by atoms with E-state index in [1.54, 1.807) is 96.2 Å². The van der Waals surface area contributed by atoms with Gasteiger partial charge in [-0.15, -0.1) is 131 Å². The summed E-state index contributed by atoms with van der Waals surface area (Å²) in [5.74, 6) is 7.20. The first kappa shape index (κ1) is 98.5. The summed E-state index contributed by atoms with van der Waals surface area (Å²) in [5, 5.41) is 27.5. The number of fused-ring (bicyclic) bond motifs is 3. The number of hydrogen-bond donors (Lipinski definition) is 9. The number of carbonyl (C=O) groups is 3. The molecule has 11 aromatic rings. The molecular weight excluding hydrogens is 2260 g/mol. The molecular formula is C52H59BBr11N12O8S14. The van der Waals surface area contributed by atoms with Gasteiger partial charge in [-0.25, -0.2) is 19.6 Å². The molecule has 0 unspecified atom stereocenters. The second-order valence-electron chi connectivity index (χ2n) is 16.8. The Morgan fingerprint density at radius 2 is 1.10 bits per heavy atom. The Hall–Kier alpha value is 0.545. The Morgan fingerprint density at radius 1 is 0.622 bits per heavy atom. The van der Waals surface area contributed by atoms with Crippen molar-refractivity contribution in [3.05, 3.63) is 105 Å². The second kappa shape index (κ2) is 56.8. The SMILES string of the molecule is BrBr.Brc1sc(Br)c2snnc12.C1CCOC1.C1CCOC1.CC(=O)Nc1cscc1Br.CC(=S)Nc1cscc1Br.COC(=O)c1scc(Br)c1N.COC(=O)c1sccc1N.Cc1nc2c(Br)sc(Br)c2s1.Cc1nc2cscc2s1.NN.Nc1c(Br)sc(Br)c1S.O.[B]=NS. The normalized spacial score (nSPS) is 10.9. The molecule has 1 radical (unpaired) electrons. The van der Waals surface area contributed by atoms with Crippen molar-refractivity contribution >= 4 is 424 Å². The molecule has 0 spiro atoms. The van der Waals surface area contributed by atoms with Crippen LogP contribution in [0, 0.1) is 13.8 Å². The predicted molar refractivity (Wildman–Crippen MR) is 477 cm³/mol. The number of nitrogens with two attached hydrogens (primary N) is 5. The fourth-order valence-corrected chi connectivity index (χ4v) is 23.6. The number of nitrogens with zero attached hydrogens (tertiary/aromatic N) is 5. The molecule has 0 aliphatic carbocycles. The Morgan fingerprint density at radius 3 is 1.47 bits per heavy atom. The van der Waals surface area contributed by atoms with Crippen LogP contribution in [0.4, 0.5) is 28.4 Å². The van der Waals surface area contributed by atoms with Crippen LogP contribution in [-0.2, 0) is 23.7 Å². The number of carbonyl (C=O) groups excluding carboxylic acids is 3. The Kier molecular flexibility index (Phi) is 57.1. The van der Waals surface area contributed by atoms with Gasteiger partial charge >= 0.3 is 36.7 Å². The van der Waals surface area contributed by atoms with Gasteiger partial charge in [0.05, 0.1) is 110 Å². The van der Waals surface area contributed by atoms with Crippen molar-refractivity contribution in [2.75, 3.05) is 68.5 Å². The van der Waals surface area contributed by atoms with Crippen molar-refractivity contribution in [1.82, 2.24) is 19.6 Å². The first-order chi connectivity index (χ1) is 46.2. The van der Waals surface area contributed by atoms with Gasteiger partial charge in [0, 0.05) is 99.3 Å². The molecule has 13 rings (SSSR count). The molecule has 20 nitrogen and oxygen atoms in total. The second-order valence-corrected chi connectivity index (χ2v) is 38.9. The van der Waals surface area contributed by atoms with Gasteiger partial charge in [-0.05, 0) is 213 Å². The molecule has 2 aliphatic rings. The molecule has 11 aromatic heterocycles. The number of halogens is 11. The number of ether oxygens (including phenoxy) is 4. The molecule has 46 heteroatoms. The summed E-state index contributed by atoms with van der Waals surface area (Å²) >= 11 is 65.1. The zero-order valence-corrected chi connectivity index (χ0v) is 80.4. The van der Waals surface area contributed by atoms with Crippen LogP contribution in [-0.4, -0.2) is 96.2 Å². The van der Waals surface area contributed by atoms with Crippen LogP contribution < -0.4 is 39.5 Å². The van der Waals surface area contributed by atoms with Crippen LogP contribution >= 0.6 is 334 Å². The summed E-state index contributed by atoms with van der Waals surface area (Å²) in [6.07, 6.45) is 5.11. The van der Waals surface area contributed by atoms with E-state index in [1.807, 2.05) is 42.3 Å². The average Bonchev–Trinajstić information content (AvgIpc) is 1.66. The fourth-order valence-electron chi connectivity index (χ4n) is 5.97. The summed E-state index contributed by atoms with van der Waals surface area (Å²) in [7, 11) is 7.00. The topological polar surface area (TPSA) is 338 Å². The summed E-state index contributed by atoms with van der Waals surface area (Å²) in [4.78, 5) is 43.5. The van der Waals surface area contributed by atoms with E-state index in [0.29, 0.717) is 26.8 Å². The van der Waals surface area contributed by atoms with Crippen LogP contribution in [0.15, 0.2) is 94.4 Å². The number of anilines is 5. The Balaban J connectivity index is 0.00000106. The van der Waals surface area contributed by atoms with Crippen LogP contribution in [0.1, 0.15) is 68.9 Å². The standard InChI is InChI=1S/C6H3Br2NS2.C6H6BrNO2S.C6H6BrNOS.C6H6BrNS2.C6H7NO2S.C6H5NS2.C4Br2N2S2.C4H3Br2NS2.2C4H8O.BHNS.Br2.H4N2.H2O/c1-2-9-3-4(10-2)6(8)11-5(3)7;1-10-6(9)5-4(8)3(7)2-11-5;2*1-4(9)8-6-3-10-2-5(6)7;1-9-6(8)5-4(7)2-3-10-5;1-4-7-5-2-8-3-6(5)9-4;5-3-1-2(4(6)9-3)10-8-7-1;5-3-1(7)2(8)4(6)9-3;2*1-2-4-5-3-1;1-2-3;2*1-2;/h1H3;2H,8H2,1H3;2*2-3H,1H3,(H,8,9);2-3H,7H2,1H3;2-3H,1H3;;8H,7H2;2*1-4H2;3H;;1-2H2;1H2. The van der Waals surface area contributed by atoms with E-state index in [9.17, 15) is 14.4 Å². The Bertz CT molecular complexity index is 3880. The Labute approximate surface area is 719 Å². The van der Waals surface area contributed by atoms with E-state index < -0.39 is 5.97 Å². The van der Waals surface area contributed by atoms with Crippen molar-refractivity contribution in [1.29, 1.82) is 0 Å². The number of esters is 2. The minimum atomic E-state index is -0.391. The molecule has 13 heterocycles. The number of aryl methyl sites for hydroxylation is 2. The number of methoxy groups -OCH3 is 2. The van der Waals surface area contributed by atoms with E-state index >= 15 is 0 Å². The van der Waals surface area contributed by atoms with Gasteiger partial charge in [-0.2, -0.15) is 0 Å². The van der Waals surface area contributed by atoms with Crippen molar-refractivity contribution in [3.8, 4) is 0 Å². The van der Waals surface area contributed by atoms with Crippen LogP contribution in [0.25, 0.3) is 30.6 Å². The van der Waals surface area contributed by atoms with Gasteiger partial charge in [-0.1, -0.05) is 16.7 Å². The number of rotatable bonds is 4. The zero-order valence-electron chi connectivity index (χ0n) is 51.4. The number of thiocarbonyl (C=S) groups is 1. The van der Waals surface area contributed by atoms with Gasteiger partial charge in [0.25, 0.3) is 0 Å². The molecule has 2 fully saturated rings. The van der Waals surface area contributed by atoms with Gasteiger partial charge in [-0.3, -0.25) is 16.5 Å². The summed E-state index contributed by atoms with van der Waals surface area (Å²) in [6, 6.07) is 1.68. The fraction of sp³-hybridized carbons (Fsp3) is 0.269. The van der Waals surface area contributed by atoms with E-state index in [0.717, 1.165) is 111 Å². The van der Waals surface area contributed by atoms with Crippen molar-refractivity contribution in [2.45, 2.75) is 58.3 Å². The van der Waals surface area contributed by atoms with Gasteiger partial charge in [0.2, 0.25) is 5.91 Å². The maximum atomic E-state index is 10.9. The predicted octanol–water partition coefficient (Wildman–Crippen LogP) is 23.5. The minimum absolute atomic E-state index is 0. The number of thiazole rings is 2. The number of hydrazine groups is 1. The van der Waals surface area contributed by atoms with Crippen LogP contribution in [0.3, 0.4) is 0 Å². The van der Waals surface area contributed by atoms with E-state index in [-0.39, 0.29) is 17.4 Å². The monoisotopic (exact) mass is 2310 g/mol. The molecule has 0 atom stereocenters. The quantitative estimate of drug-likeness (QED) is 0.0197. The van der Waals surface area contributed by atoms with Crippen LogP contribution in [0.5, 0.6) is 0 Å². The van der Waals surface area contributed by atoms with Crippen molar-refractivity contribution in [2.24, 2.45) is 16.0 Å². The zero-order chi connectivity index (χ0) is 73.3. The molecule has 14 N–H and O–H groups in total. The van der Waals surface area contributed by atoms with Gasteiger partial charge in [0.1, 0.15) is 29.3 Å². The van der Waals surface area contributed by atoms with Crippen molar-refractivity contribution < 1.29 is 38.8 Å². The summed E-state index contributed by atoms with van der Waals surface area (Å²) in [6.45, 7) is 11.4. The third-order valence-electron chi connectivity index (χ3n) is 10.0. The summed E-state index contributed by atoms with van der Waals surface area (Å²) in [5.41, 5.74) is 23.3. The molecule has 1 amide bonds. The summed E-state index contributed by atoms with van der Waals surface area (Å²) < 4.78 is 38.1. The van der Waals surface area contributed by atoms with Crippen LogP contribution in [0.2, 0.25) is 0 Å². The van der Waals surface area contributed by atoms with E-state index in [2.05, 4.69) is 271 Å². The molecule has 0 aromatic carbocycles. The van der Waals surface area contributed by atoms with E-state index in [1.165, 1.54) is 106 Å². The number of thiophene rings is 8.